The second kappa shape index (κ2) is 20.2. The van der Waals surface area contributed by atoms with Crippen molar-refractivity contribution in [2.75, 3.05) is 0 Å². The number of allylic oxidation sites excluding steroid dienone is 8. The predicted octanol–water partition coefficient (Wildman–Crippen LogP) is 21.3. The molecule has 2 aliphatic carbocycles. The zero-order chi connectivity index (χ0) is 54.8. The Bertz CT molecular complexity index is 4980. The molecular formula is C78H55N3O2. The van der Waals surface area contributed by atoms with Crippen molar-refractivity contribution in [2.45, 2.75) is 25.3 Å². The summed E-state index contributed by atoms with van der Waals surface area (Å²) < 4.78 is 20.3. The monoisotopic (exact) mass is 1070 g/mol. The van der Waals surface area contributed by atoms with E-state index in [-0.39, 0.29) is 6.04 Å². The molecule has 16 rings (SSSR count). The Morgan fingerprint density at radius 3 is 1.37 bits per heavy atom. The summed E-state index contributed by atoms with van der Waals surface area (Å²) in [6.45, 7) is 0. The van der Waals surface area contributed by atoms with Crippen LogP contribution in [-0.4, -0.2) is 13.7 Å². The van der Waals surface area contributed by atoms with E-state index in [0.717, 1.165) is 103 Å². The summed E-state index contributed by atoms with van der Waals surface area (Å²) in [5, 5.41) is 7.09. The molecule has 3 aromatic heterocycles. The Morgan fingerprint density at radius 1 is 0.313 bits per heavy atom. The molecule has 0 saturated heterocycles. The van der Waals surface area contributed by atoms with E-state index < -0.39 is 0 Å². The average molecular weight is 1070 g/mol. The summed E-state index contributed by atoms with van der Waals surface area (Å²) in [5.41, 5.74) is 19.0. The molecule has 394 valence electrons. The minimum Gasteiger partial charge on any atom is -0.457 e. The molecule has 0 spiro atoms. The van der Waals surface area contributed by atoms with Gasteiger partial charge >= 0.3 is 0 Å². The smallest absolute Gasteiger partial charge is 0.128 e. The number of ether oxygens (including phenoxy) is 2. The Labute approximate surface area is 481 Å². The van der Waals surface area contributed by atoms with Gasteiger partial charge in [0, 0.05) is 49.2 Å². The maximum atomic E-state index is 6.46. The third-order valence-electron chi connectivity index (χ3n) is 16.9. The summed E-state index contributed by atoms with van der Waals surface area (Å²) >= 11 is 0. The first-order valence-electron chi connectivity index (χ1n) is 28.8. The molecule has 5 nitrogen and oxygen atoms in total. The lowest BCUT2D eigenvalue weighted by Gasteiger charge is -2.24. The lowest BCUT2D eigenvalue weighted by molar-refractivity contribution is 0.483. The first-order valence-corrected chi connectivity index (χ1v) is 28.8. The van der Waals surface area contributed by atoms with Crippen molar-refractivity contribution in [3.8, 4) is 67.8 Å². The van der Waals surface area contributed by atoms with Gasteiger partial charge in [-0.3, -0.25) is 0 Å². The number of fused-ring (bicyclic) bond motifs is 9. The minimum atomic E-state index is 0.137. The normalized spacial score (nSPS) is 14.3. The van der Waals surface area contributed by atoms with E-state index >= 15 is 0 Å². The molecule has 0 amide bonds. The highest BCUT2D eigenvalue weighted by Gasteiger charge is 2.24. The largest absolute Gasteiger partial charge is 0.457 e. The second-order valence-corrected chi connectivity index (χ2v) is 21.9. The highest BCUT2D eigenvalue weighted by Crippen LogP contribution is 2.44. The van der Waals surface area contributed by atoms with Crippen LogP contribution in [0, 0.1) is 0 Å². The van der Waals surface area contributed by atoms with Crippen molar-refractivity contribution in [1.29, 1.82) is 0 Å². The van der Waals surface area contributed by atoms with Gasteiger partial charge in [0.1, 0.15) is 23.0 Å². The van der Waals surface area contributed by atoms with Crippen molar-refractivity contribution < 1.29 is 9.47 Å². The Hall–Kier alpha value is -10.6. The van der Waals surface area contributed by atoms with Gasteiger partial charge in [-0.05, 0) is 173 Å². The van der Waals surface area contributed by atoms with Crippen LogP contribution in [0.4, 0.5) is 0 Å². The Morgan fingerprint density at radius 2 is 0.783 bits per heavy atom. The van der Waals surface area contributed by atoms with Crippen molar-refractivity contribution >= 4 is 65.4 Å². The van der Waals surface area contributed by atoms with Gasteiger partial charge in [-0.2, -0.15) is 0 Å². The van der Waals surface area contributed by atoms with Crippen LogP contribution in [-0.2, 0) is 0 Å². The number of para-hydroxylation sites is 3. The number of aromatic nitrogens is 3. The molecule has 0 saturated carbocycles. The van der Waals surface area contributed by atoms with Crippen LogP contribution >= 0.6 is 0 Å². The molecule has 0 aliphatic heterocycles. The van der Waals surface area contributed by atoms with E-state index in [1.54, 1.807) is 0 Å². The number of hydrogen-bond donors (Lipinski definition) is 0. The van der Waals surface area contributed by atoms with Crippen LogP contribution in [0.1, 0.15) is 25.3 Å². The fraction of sp³-hybridized carbons (Fsp3) is 0.0513. The number of rotatable bonds is 11. The standard InChI is InChI=1S/C78H55N3O2/c1-6-18-52(19-7-1)54-22-16-26-61(44-54)80-73-42-36-65(82-63-28-12-4-13-29-63)50-71(73)69-40-34-58(48-77(69)80)56-32-38-67-68-39-33-57(47-76(68)79(75(67)46-56)60-24-10-3-11-25-60)59-35-41-70-72-51-66(83-64-30-14-5-15-31-64)37-43-74(72)81(78(70)49-59)62-27-17-23-55(45-62)53-20-8-2-9-21-53/h1-8,10-20,22-44,46-51,62H,9,21,45H2. The van der Waals surface area contributed by atoms with Crippen molar-refractivity contribution in [3.63, 3.8) is 0 Å². The molecule has 14 aromatic rings. The second-order valence-electron chi connectivity index (χ2n) is 21.9. The molecule has 0 radical (unpaired) electrons. The highest BCUT2D eigenvalue weighted by atomic mass is 16.5. The highest BCUT2D eigenvalue weighted by molar-refractivity contribution is 6.14. The van der Waals surface area contributed by atoms with E-state index in [2.05, 4.69) is 244 Å². The Kier molecular flexibility index (Phi) is 11.7. The zero-order valence-corrected chi connectivity index (χ0v) is 45.6. The topological polar surface area (TPSA) is 33.2 Å². The van der Waals surface area contributed by atoms with Crippen LogP contribution in [0.3, 0.4) is 0 Å². The molecule has 11 aromatic carbocycles. The zero-order valence-electron chi connectivity index (χ0n) is 45.6. The van der Waals surface area contributed by atoms with Crippen molar-refractivity contribution in [2.24, 2.45) is 0 Å². The van der Waals surface area contributed by atoms with Gasteiger partial charge in [-0.15, -0.1) is 0 Å². The summed E-state index contributed by atoms with van der Waals surface area (Å²) in [5.74, 6) is 3.26. The van der Waals surface area contributed by atoms with E-state index in [1.807, 2.05) is 60.7 Å². The lowest BCUT2D eigenvalue weighted by Crippen LogP contribution is -2.11. The molecule has 1 atom stereocenters. The molecule has 2 aliphatic rings. The molecular weight excluding hydrogens is 1010 g/mol. The number of nitrogens with zero attached hydrogens (tertiary/aromatic N) is 3. The summed E-state index contributed by atoms with van der Waals surface area (Å²) in [7, 11) is 0. The average Bonchev–Trinajstić information content (AvgIpc) is 3.46. The van der Waals surface area contributed by atoms with Crippen LogP contribution in [0.25, 0.3) is 110 Å². The van der Waals surface area contributed by atoms with Crippen LogP contribution in [0.2, 0.25) is 0 Å². The first-order chi connectivity index (χ1) is 41.1. The van der Waals surface area contributed by atoms with Gasteiger partial charge in [-0.25, -0.2) is 0 Å². The quantitative estimate of drug-likeness (QED) is 0.129. The Balaban J connectivity index is 0.831. The number of benzene rings is 11. The lowest BCUT2D eigenvalue weighted by atomic mass is 9.89. The van der Waals surface area contributed by atoms with E-state index in [9.17, 15) is 0 Å². The van der Waals surface area contributed by atoms with Gasteiger partial charge in [0.05, 0.1) is 33.6 Å². The molecule has 1 unspecified atom stereocenters. The van der Waals surface area contributed by atoms with Crippen LogP contribution in [0.15, 0.2) is 302 Å². The summed E-state index contributed by atoms with van der Waals surface area (Å²) in [6, 6.07) is 91.7. The van der Waals surface area contributed by atoms with Crippen LogP contribution in [0.5, 0.6) is 23.0 Å². The molecule has 5 heteroatoms. The van der Waals surface area contributed by atoms with Gasteiger partial charge in [0.25, 0.3) is 0 Å². The molecule has 0 bridgehead atoms. The maximum Gasteiger partial charge on any atom is 0.128 e. The van der Waals surface area contributed by atoms with Gasteiger partial charge < -0.3 is 23.2 Å². The van der Waals surface area contributed by atoms with E-state index in [0.29, 0.717) is 0 Å². The van der Waals surface area contributed by atoms with Crippen molar-refractivity contribution in [1.82, 2.24) is 13.7 Å². The first kappa shape index (κ1) is 48.3. The number of hydrogen-bond acceptors (Lipinski definition) is 2. The van der Waals surface area contributed by atoms with Crippen molar-refractivity contribution in [3.05, 3.63) is 302 Å². The molecule has 83 heavy (non-hydrogen) atoms. The summed E-state index contributed by atoms with van der Waals surface area (Å²) in [4.78, 5) is 0. The molecule has 3 heterocycles. The predicted molar refractivity (Wildman–Crippen MR) is 345 cm³/mol. The van der Waals surface area contributed by atoms with Crippen LogP contribution < -0.4 is 9.47 Å². The van der Waals surface area contributed by atoms with Gasteiger partial charge in [-0.1, -0.05) is 182 Å². The minimum absolute atomic E-state index is 0.137. The van der Waals surface area contributed by atoms with Gasteiger partial charge in [0.15, 0.2) is 0 Å². The third-order valence-corrected chi connectivity index (χ3v) is 16.9. The fourth-order valence-corrected chi connectivity index (χ4v) is 13.0. The maximum absolute atomic E-state index is 6.46. The molecule has 0 fully saturated rings. The SMILES string of the molecule is C1=CCCC(C2=CC=CC(n3c4ccc(Oc5ccccc5)cc4c4ccc(-c5ccc6c7ccc(-c8ccc9c%10cc(Oc%11ccccc%11)ccc%10n(-c%10cccc(-c%11ccccc%11)c%10)c9c8)cc7n(-c7ccccc7)c6c5)cc43)C2)=C1. The third kappa shape index (κ3) is 8.64. The summed E-state index contributed by atoms with van der Waals surface area (Å²) in [6.07, 6.45) is 16.8. The van der Waals surface area contributed by atoms with Gasteiger partial charge in [0.2, 0.25) is 0 Å². The molecule has 0 N–H and O–H groups in total. The fourth-order valence-electron chi connectivity index (χ4n) is 13.0. The van der Waals surface area contributed by atoms with E-state index in [1.165, 1.54) is 60.4 Å². The van der Waals surface area contributed by atoms with E-state index in [4.69, 9.17) is 9.47 Å².